The van der Waals surface area contributed by atoms with Crippen LogP contribution in [-0.4, -0.2) is 23.5 Å². The van der Waals surface area contributed by atoms with Crippen LogP contribution in [0.5, 0.6) is 0 Å². The number of urea groups is 1. The monoisotopic (exact) mass is 255 g/mol. The van der Waals surface area contributed by atoms with Crippen molar-refractivity contribution < 1.29 is 9.59 Å². The first-order valence-electron chi connectivity index (χ1n) is 6.67. The second-order valence-electron chi connectivity index (χ2n) is 6.13. The normalized spacial score (nSPS) is 19.1. The van der Waals surface area contributed by atoms with Gasteiger partial charge in [0.1, 0.15) is 6.04 Å². The summed E-state index contributed by atoms with van der Waals surface area (Å²) in [5.41, 5.74) is 5.08. The molecule has 5 nitrogen and oxygen atoms in total. The third-order valence-corrected chi connectivity index (χ3v) is 3.20. The van der Waals surface area contributed by atoms with Crippen LogP contribution in [0, 0.1) is 5.92 Å². The Hall–Kier alpha value is -1.26. The molecule has 1 rings (SSSR count). The summed E-state index contributed by atoms with van der Waals surface area (Å²) in [5, 5.41) is 5.50. The zero-order valence-electron chi connectivity index (χ0n) is 11.6. The highest BCUT2D eigenvalue weighted by Crippen LogP contribution is 2.26. The first-order valence-corrected chi connectivity index (χ1v) is 6.67. The number of primary amides is 1. The highest BCUT2D eigenvalue weighted by molar-refractivity contribution is 5.86. The fraction of sp³-hybridized carbons (Fsp3) is 0.846. The molecule has 1 saturated carbocycles. The lowest BCUT2D eigenvalue weighted by atomic mass is 9.83. The summed E-state index contributed by atoms with van der Waals surface area (Å²) < 4.78 is 0. The number of amides is 3. The molecule has 1 fully saturated rings. The molecule has 0 unspecified atom stereocenters. The van der Waals surface area contributed by atoms with Crippen LogP contribution in [0.2, 0.25) is 0 Å². The van der Waals surface area contributed by atoms with E-state index in [1.807, 2.05) is 20.8 Å². The van der Waals surface area contributed by atoms with E-state index in [1.54, 1.807) is 0 Å². The Bertz CT molecular complexity index is 304. The lowest BCUT2D eigenvalue weighted by Crippen LogP contribution is -2.55. The SMILES string of the molecule is CC(C)(C)NC(=O)N[C@H](C(N)=O)C1CCCCC1. The zero-order chi connectivity index (χ0) is 13.8. The lowest BCUT2D eigenvalue weighted by Gasteiger charge is -2.30. The Morgan fingerprint density at radius 3 is 2.17 bits per heavy atom. The molecule has 3 amide bonds. The van der Waals surface area contributed by atoms with Crippen molar-refractivity contribution >= 4 is 11.9 Å². The third-order valence-electron chi connectivity index (χ3n) is 3.20. The van der Waals surface area contributed by atoms with Gasteiger partial charge in [0.05, 0.1) is 0 Å². The summed E-state index contributed by atoms with van der Waals surface area (Å²) in [6.07, 6.45) is 5.34. The fourth-order valence-electron chi connectivity index (χ4n) is 2.41. The van der Waals surface area contributed by atoms with Crippen molar-refractivity contribution in [1.82, 2.24) is 10.6 Å². The van der Waals surface area contributed by atoms with Gasteiger partial charge in [0.2, 0.25) is 5.91 Å². The Kier molecular flexibility index (Phi) is 4.99. The van der Waals surface area contributed by atoms with E-state index in [0.717, 1.165) is 25.7 Å². The molecular weight excluding hydrogens is 230 g/mol. The summed E-state index contributed by atoms with van der Waals surface area (Å²) in [6, 6.07) is -0.871. The van der Waals surface area contributed by atoms with E-state index < -0.39 is 11.9 Å². The van der Waals surface area contributed by atoms with E-state index in [0.29, 0.717) is 0 Å². The average molecular weight is 255 g/mol. The van der Waals surface area contributed by atoms with E-state index in [4.69, 9.17) is 5.73 Å². The van der Waals surface area contributed by atoms with Crippen molar-refractivity contribution in [2.45, 2.75) is 64.5 Å². The third kappa shape index (κ3) is 4.94. The van der Waals surface area contributed by atoms with E-state index in [9.17, 15) is 9.59 Å². The van der Waals surface area contributed by atoms with Crippen LogP contribution in [0.25, 0.3) is 0 Å². The van der Waals surface area contributed by atoms with Crippen LogP contribution in [0.3, 0.4) is 0 Å². The van der Waals surface area contributed by atoms with Crippen molar-refractivity contribution in [3.63, 3.8) is 0 Å². The van der Waals surface area contributed by atoms with Gasteiger partial charge < -0.3 is 16.4 Å². The number of rotatable bonds is 3. The molecule has 0 aromatic rings. The molecular formula is C13H25N3O2. The minimum Gasteiger partial charge on any atom is -0.368 e. The lowest BCUT2D eigenvalue weighted by molar-refractivity contribution is -0.121. The van der Waals surface area contributed by atoms with Crippen LogP contribution < -0.4 is 16.4 Å². The van der Waals surface area contributed by atoms with Gasteiger partial charge in [0.25, 0.3) is 0 Å². The van der Waals surface area contributed by atoms with E-state index in [1.165, 1.54) is 6.42 Å². The van der Waals surface area contributed by atoms with Gasteiger partial charge in [-0.1, -0.05) is 19.3 Å². The van der Waals surface area contributed by atoms with Crippen LogP contribution in [0.1, 0.15) is 52.9 Å². The quantitative estimate of drug-likeness (QED) is 0.714. The smallest absolute Gasteiger partial charge is 0.315 e. The van der Waals surface area contributed by atoms with Gasteiger partial charge in [-0.2, -0.15) is 0 Å². The molecule has 104 valence electrons. The molecule has 1 atom stereocenters. The maximum atomic E-state index is 11.8. The van der Waals surface area contributed by atoms with Gasteiger partial charge >= 0.3 is 6.03 Å². The number of nitrogens with two attached hydrogens (primary N) is 1. The predicted octanol–water partition coefficient (Wildman–Crippen LogP) is 1.52. The molecule has 5 heteroatoms. The van der Waals surface area contributed by atoms with Crippen LogP contribution in [-0.2, 0) is 4.79 Å². The van der Waals surface area contributed by atoms with Gasteiger partial charge in [0.15, 0.2) is 0 Å². The maximum absolute atomic E-state index is 11.8. The van der Waals surface area contributed by atoms with Crippen molar-refractivity contribution in [3.8, 4) is 0 Å². The highest BCUT2D eigenvalue weighted by Gasteiger charge is 2.29. The van der Waals surface area contributed by atoms with Crippen LogP contribution >= 0.6 is 0 Å². The van der Waals surface area contributed by atoms with E-state index >= 15 is 0 Å². The molecule has 0 heterocycles. The molecule has 1 aliphatic rings. The molecule has 0 radical (unpaired) electrons. The minimum absolute atomic E-state index is 0.182. The molecule has 0 aliphatic heterocycles. The second kappa shape index (κ2) is 6.07. The number of carbonyl (C=O) groups excluding carboxylic acids is 2. The van der Waals surface area contributed by atoms with Gasteiger partial charge in [-0.05, 0) is 39.5 Å². The number of hydrogen-bond donors (Lipinski definition) is 3. The van der Waals surface area contributed by atoms with Gasteiger partial charge in [-0.3, -0.25) is 4.79 Å². The molecule has 18 heavy (non-hydrogen) atoms. The summed E-state index contributed by atoms with van der Waals surface area (Å²) in [6.45, 7) is 5.69. The highest BCUT2D eigenvalue weighted by atomic mass is 16.2. The maximum Gasteiger partial charge on any atom is 0.315 e. The molecule has 1 aliphatic carbocycles. The Morgan fingerprint density at radius 2 is 1.72 bits per heavy atom. The van der Waals surface area contributed by atoms with E-state index in [-0.39, 0.29) is 17.5 Å². The van der Waals surface area contributed by atoms with Crippen molar-refractivity contribution in [2.75, 3.05) is 0 Å². The zero-order valence-corrected chi connectivity index (χ0v) is 11.6. The van der Waals surface area contributed by atoms with Crippen LogP contribution in [0.15, 0.2) is 0 Å². The molecule has 4 N–H and O–H groups in total. The summed E-state index contributed by atoms with van der Waals surface area (Å²) >= 11 is 0. The first kappa shape index (κ1) is 14.8. The number of hydrogen-bond acceptors (Lipinski definition) is 2. The number of nitrogens with one attached hydrogen (secondary N) is 2. The van der Waals surface area contributed by atoms with Gasteiger partial charge in [-0.15, -0.1) is 0 Å². The molecule has 0 spiro atoms. The van der Waals surface area contributed by atoms with Crippen molar-refractivity contribution in [1.29, 1.82) is 0 Å². The Labute approximate surface area is 109 Å². The summed E-state index contributed by atoms with van der Waals surface area (Å²) in [5.74, 6) is -0.257. The fourth-order valence-corrected chi connectivity index (χ4v) is 2.41. The second-order valence-corrected chi connectivity index (χ2v) is 6.13. The predicted molar refractivity (Wildman–Crippen MR) is 71.0 cm³/mol. The largest absolute Gasteiger partial charge is 0.368 e. The molecule has 0 aromatic carbocycles. The Balaban J connectivity index is 2.57. The molecule has 0 bridgehead atoms. The summed E-state index contributed by atoms with van der Waals surface area (Å²) in [4.78, 5) is 23.3. The average Bonchev–Trinajstić information content (AvgIpc) is 2.24. The topological polar surface area (TPSA) is 84.2 Å². The van der Waals surface area contributed by atoms with Crippen molar-refractivity contribution in [2.24, 2.45) is 11.7 Å². The molecule has 0 saturated heterocycles. The minimum atomic E-state index is -0.548. The van der Waals surface area contributed by atoms with Crippen molar-refractivity contribution in [3.05, 3.63) is 0 Å². The van der Waals surface area contributed by atoms with Gasteiger partial charge in [0, 0.05) is 5.54 Å². The standard InChI is InChI=1S/C13H25N3O2/c1-13(2,3)16-12(18)15-10(11(14)17)9-7-5-4-6-8-9/h9-10H,4-8H2,1-3H3,(H2,14,17)(H2,15,16,18)/t10-/m0/s1. The van der Waals surface area contributed by atoms with Crippen LogP contribution in [0.4, 0.5) is 4.79 Å². The molecule has 0 aromatic heterocycles. The van der Waals surface area contributed by atoms with Gasteiger partial charge in [-0.25, -0.2) is 4.79 Å². The number of carbonyl (C=O) groups is 2. The van der Waals surface area contributed by atoms with E-state index in [2.05, 4.69) is 10.6 Å². The summed E-state index contributed by atoms with van der Waals surface area (Å²) in [7, 11) is 0. The first-order chi connectivity index (χ1) is 8.29. The Morgan fingerprint density at radius 1 is 1.17 bits per heavy atom.